The first kappa shape index (κ1) is 22.0. The molecule has 0 aliphatic heterocycles. The Morgan fingerprint density at radius 1 is 1.00 bits per heavy atom. The maximum atomic E-state index is 12.7. The Labute approximate surface area is 181 Å². The van der Waals surface area contributed by atoms with Gasteiger partial charge in [0.1, 0.15) is 0 Å². The van der Waals surface area contributed by atoms with Crippen molar-refractivity contribution in [3.8, 4) is 11.5 Å². The fourth-order valence-corrected chi connectivity index (χ4v) is 4.27. The van der Waals surface area contributed by atoms with E-state index in [9.17, 15) is 9.59 Å². The van der Waals surface area contributed by atoms with Gasteiger partial charge in [0, 0.05) is 10.9 Å². The van der Waals surface area contributed by atoms with E-state index in [-0.39, 0.29) is 23.6 Å². The average molecular weight is 429 g/mol. The van der Waals surface area contributed by atoms with Crippen molar-refractivity contribution in [2.45, 2.75) is 43.0 Å². The van der Waals surface area contributed by atoms with Crippen LogP contribution in [0, 0.1) is 0 Å². The number of methoxy groups -OCH3 is 2. The molecular weight excluding hydrogens is 400 g/mol. The number of ether oxygens (including phenoxy) is 2. The number of carbonyl (C=O) groups excluding carboxylic acids is 2. The van der Waals surface area contributed by atoms with Gasteiger partial charge in [0.15, 0.2) is 11.5 Å². The molecule has 30 heavy (non-hydrogen) atoms. The van der Waals surface area contributed by atoms with Crippen molar-refractivity contribution in [3.05, 3.63) is 48.0 Å². The molecule has 0 atom stereocenters. The second-order valence-corrected chi connectivity index (χ2v) is 8.26. The van der Waals surface area contributed by atoms with Crippen molar-refractivity contribution in [1.29, 1.82) is 0 Å². The molecule has 0 saturated heterocycles. The lowest BCUT2D eigenvalue weighted by Gasteiger charge is -2.23. The first-order valence-electron chi connectivity index (χ1n) is 10.1. The summed E-state index contributed by atoms with van der Waals surface area (Å²) in [6.45, 7) is 0. The van der Waals surface area contributed by atoms with Crippen LogP contribution in [-0.2, 0) is 4.79 Å². The predicted molar refractivity (Wildman–Crippen MR) is 120 cm³/mol. The molecule has 0 unspecified atom stereocenters. The quantitative estimate of drug-likeness (QED) is 0.606. The molecular formula is C23H28N2O4S. The summed E-state index contributed by atoms with van der Waals surface area (Å²) < 4.78 is 10.5. The zero-order valence-electron chi connectivity index (χ0n) is 17.4. The van der Waals surface area contributed by atoms with Gasteiger partial charge in [-0.25, -0.2) is 0 Å². The number of nitrogens with one attached hydrogen (secondary N) is 2. The van der Waals surface area contributed by atoms with E-state index in [1.807, 2.05) is 30.3 Å². The highest BCUT2D eigenvalue weighted by molar-refractivity contribution is 8.00. The number of anilines is 1. The average Bonchev–Trinajstić information content (AvgIpc) is 2.78. The van der Waals surface area contributed by atoms with Crippen LogP contribution in [0.4, 0.5) is 5.69 Å². The van der Waals surface area contributed by atoms with Crippen LogP contribution in [0.25, 0.3) is 0 Å². The highest BCUT2D eigenvalue weighted by Gasteiger charge is 2.19. The van der Waals surface area contributed by atoms with Crippen LogP contribution in [0.15, 0.2) is 47.4 Å². The fraction of sp³-hybridized carbons (Fsp3) is 0.391. The number of amides is 2. The highest BCUT2D eigenvalue weighted by atomic mass is 32.2. The van der Waals surface area contributed by atoms with Crippen molar-refractivity contribution in [2.24, 2.45) is 0 Å². The Kier molecular flexibility index (Phi) is 8.02. The minimum Gasteiger partial charge on any atom is -0.493 e. The van der Waals surface area contributed by atoms with Gasteiger partial charge in [0.2, 0.25) is 5.91 Å². The zero-order chi connectivity index (χ0) is 21.3. The summed E-state index contributed by atoms with van der Waals surface area (Å²) in [7, 11) is 3.16. The van der Waals surface area contributed by atoms with Crippen LogP contribution in [0.5, 0.6) is 11.5 Å². The third kappa shape index (κ3) is 5.92. The van der Waals surface area contributed by atoms with Crippen LogP contribution >= 0.6 is 11.8 Å². The first-order chi connectivity index (χ1) is 14.6. The van der Waals surface area contributed by atoms with E-state index in [1.54, 1.807) is 26.4 Å². The Balaban J connectivity index is 1.59. The maximum absolute atomic E-state index is 12.7. The molecule has 1 aliphatic carbocycles. The van der Waals surface area contributed by atoms with Gasteiger partial charge in [0.05, 0.1) is 31.2 Å². The minimum absolute atomic E-state index is 0.134. The van der Waals surface area contributed by atoms with Gasteiger partial charge in [-0.05, 0) is 43.2 Å². The molecule has 6 nitrogen and oxygen atoms in total. The lowest BCUT2D eigenvalue weighted by Crippen LogP contribution is -2.36. The molecule has 1 aliphatic rings. The van der Waals surface area contributed by atoms with Crippen molar-refractivity contribution >= 4 is 29.3 Å². The Morgan fingerprint density at radius 2 is 1.73 bits per heavy atom. The normalized spacial score (nSPS) is 14.1. The number of hydrogen-bond donors (Lipinski definition) is 2. The molecule has 0 spiro atoms. The summed E-state index contributed by atoms with van der Waals surface area (Å²) in [5, 5.41) is 5.98. The van der Waals surface area contributed by atoms with E-state index in [4.69, 9.17) is 9.47 Å². The Bertz CT molecular complexity index is 881. The molecule has 1 fully saturated rings. The zero-order valence-corrected chi connectivity index (χ0v) is 18.2. The van der Waals surface area contributed by atoms with E-state index in [0.717, 1.165) is 30.6 Å². The summed E-state index contributed by atoms with van der Waals surface area (Å²) in [5.74, 6) is 1.17. The van der Waals surface area contributed by atoms with Crippen LogP contribution in [0.2, 0.25) is 0 Å². The number of carbonyl (C=O) groups is 2. The summed E-state index contributed by atoms with van der Waals surface area (Å²) in [6.07, 6.45) is 5.56. The van der Waals surface area contributed by atoms with Crippen molar-refractivity contribution in [1.82, 2.24) is 5.32 Å². The number of hydrogen-bond acceptors (Lipinski definition) is 5. The molecule has 3 rings (SSSR count). The number of thioether (sulfide) groups is 1. The van der Waals surface area contributed by atoms with E-state index < -0.39 is 0 Å². The van der Waals surface area contributed by atoms with Crippen LogP contribution in [0.3, 0.4) is 0 Å². The third-order valence-corrected chi connectivity index (χ3v) is 6.10. The second-order valence-electron chi connectivity index (χ2n) is 7.21. The number of benzene rings is 2. The van der Waals surface area contributed by atoms with Crippen LogP contribution in [-0.4, -0.2) is 37.8 Å². The highest BCUT2D eigenvalue weighted by Crippen LogP contribution is 2.32. The van der Waals surface area contributed by atoms with E-state index >= 15 is 0 Å². The van der Waals surface area contributed by atoms with Gasteiger partial charge in [-0.15, -0.1) is 11.8 Å². The van der Waals surface area contributed by atoms with Gasteiger partial charge >= 0.3 is 0 Å². The van der Waals surface area contributed by atoms with Crippen molar-refractivity contribution < 1.29 is 19.1 Å². The Hall–Kier alpha value is -2.67. The smallest absolute Gasteiger partial charge is 0.253 e. The largest absolute Gasteiger partial charge is 0.493 e. The lowest BCUT2D eigenvalue weighted by molar-refractivity contribution is -0.113. The third-order valence-electron chi connectivity index (χ3n) is 5.11. The summed E-state index contributed by atoms with van der Waals surface area (Å²) in [4.78, 5) is 26.1. The molecule has 0 radical (unpaired) electrons. The molecule has 160 valence electrons. The molecule has 2 aromatic carbocycles. The molecule has 1 saturated carbocycles. The van der Waals surface area contributed by atoms with Crippen molar-refractivity contribution in [3.63, 3.8) is 0 Å². The molecule has 0 aromatic heterocycles. The fourth-order valence-electron chi connectivity index (χ4n) is 3.54. The monoisotopic (exact) mass is 428 g/mol. The van der Waals surface area contributed by atoms with Gasteiger partial charge in [-0.3, -0.25) is 9.59 Å². The predicted octanol–water partition coefficient (Wildman–Crippen LogP) is 4.50. The molecule has 2 amide bonds. The van der Waals surface area contributed by atoms with Gasteiger partial charge < -0.3 is 20.1 Å². The van der Waals surface area contributed by atoms with Gasteiger partial charge in [0.25, 0.3) is 5.91 Å². The van der Waals surface area contributed by atoms with Crippen LogP contribution in [0.1, 0.15) is 42.5 Å². The molecule has 2 aromatic rings. The van der Waals surface area contributed by atoms with Gasteiger partial charge in [-0.1, -0.05) is 31.4 Å². The second kappa shape index (κ2) is 10.9. The van der Waals surface area contributed by atoms with E-state index in [2.05, 4.69) is 10.6 Å². The minimum atomic E-state index is -0.173. The Morgan fingerprint density at radius 3 is 2.47 bits per heavy atom. The molecule has 2 N–H and O–H groups in total. The van der Waals surface area contributed by atoms with E-state index in [1.165, 1.54) is 18.2 Å². The standard InChI is InChI=1S/C23H28N2O4S/c1-28-20-13-12-17(14-21(20)29-2)30-15-22(26)25-19-11-7-6-10-18(19)23(27)24-16-8-4-3-5-9-16/h6-7,10-14,16H,3-5,8-9,15H2,1-2H3,(H,24,27)(H,25,26). The summed E-state index contributed by atoms with van der Waals surface area (Å²) in [5.41, 5.74) is 1.02. The molecule has 0 heterocycles. The molecule has 7 heteroatoms. The van der Waals surface area contributed by atoms with Crippen LogP contribution < -0.4 is 20.1 Å². The van der Waals surface area contributed by atoms with E-state index in [0.29, 0.717) is 22.7 Å². The topological polar surface area (TPSA) is 76.7 Å². The number of rotatable bonds is 8. The maximum Gasteiger partial charge on any atom is 0.253 e. The lowest BCUT2D eigenvalue weighted by atomic mass is 9.95. The van der Waals surface area contributed by atoms with Gasteiger partial charge in [-0.2, -0.15) is 0 Å². The molecule has 0 bridgehead atoms. The van der Waals surface area contributed by atoms with Crippen molar-refractivity contribution in [2.75, 3.05) is 25.3 Å². The summed E-state index contributed by atoms with van der Waals surface area (Å²) in [6, 6.07) is 12.9. The first-order valence-corrected chi connectivity index (χ1v) is 11.1. The SMILES string of the molecule is COc1ccc(SCC(=O)Nc2ccccc2C(=O)NC2CCCCC2)cc1OC. The summed E-state index contributed by atoms with van der Waals surface area (Å²) >= 11 is 1.39. The number of para-hydroxylation sites is 1.